The Labute approximate surface area is 156 Å². The van der Waals surface area contributed by atoms with E-state index in [1.54, 1.807) is 0 Å². The first kappa shape index (κ1) is 17.9. The summed E-state index contributed by atoms with van der Waals surface area (Å²) in [5.74, 6) is 0.423. The van der Waals surface area contributed by atoms with Gasteiger partial charge in [-0.3, -0.25) is 4.98 Å². The number of hydrogen-bond donors (Lipinski definition) is 1. The van der Waals surface area contributed by atoms with Gasteiger partial charge in [0.05, 0.1) is 23.4 Å². The molecule has 0 bridgehead atoms. The van der Waals surface area contributed by atoms with Crippen molar-refractivity contribution in [3.05, 3.63) is 54.3 Å². The molecule has 4 rings (SSSR count). The summed E-state index contributed by atoms with van der Waals surface area (Å²) in [6.45, 7) is 0.504. The summed E-state index contributed by atoms with van der Waals surface area (Å²) in [7, 11) is 0. The summed E-state index contributed by atoms with van der Waals surface area (Å²) < 4.78 is 44.3. The Bertz CT molecular complexity index is 986. The second-order valence-corrected chi connectivity index (χ2v) is 6.12. The highest BCUT2D eigenvalue weighted by Crippen LogP contribution is 2.35. The number of carbonyl (C=O) groups is 1. The van der Waals surface area contributed by atoms with Crippen molar-refractivity contribution in [1.82, 2.24) is 25.0 Å². The van der Waals surface area contributed by atoms with Crippen LogP contribution in [0, 0.1) is 0 Å². The SMILES string of the molecule is O=C(Nc1ccccc1C(F)(F)F)N1CC(c2nc(-c3cnccn3)no2)C1. The number of alkyl halides is 3. The van der Waals surface area contributed by atoms with E-state index in [9.17, 15) is 18.0 Å². The van der Waals surface area contributed by atoms with E-state index in [1.807, 2.05) is 0 Å². The molecule has 1 aliphatic rings. The molecule has 0 spiro atoms. The molecule has 11 heteroatoms. The maximum atomic E-state index is 13.0. The van der Waals surface area contributed by atoms with Gasteiger partial charge < -0.3 is 14.7 Å². The molecule has 3 heterocycles. The Balaban J connectivity index is 1.39. The average molecular weight is 390 g/mol. The maximum absolute atomic E-state index is 13.0. The summed E-state index contributed by atoms with van der Waals surface area (Å²) in [4.78, 5) is 25.8. The predicted octanol–water partition coefficient (Wildman–Crippen LogP) is 3.18. The molecule has 3 aromatic rings. The van der Waals surface area contributed by atoms with Crippen molar-refractivity contribution in [2.75, 3.05) is 18.4 Å². The van der Waals surface area contributed by atoms with Crippen LogP contribution in [-0.2, 0) is 6.18 Å². The van der Waals surface area contributed by atoms with E-state index in [-0.39, 0.29) is 30.5 Å². The van der Waals surface area contributed by atoms with Crippen LogP contribution in [-0.4, -0.2) is 44.1 Å². The highest BCUT2D eigenvalue weighted by Gasteiger charge is 2.38. The quantitative estimate of drug-likeness (QED) is 0.738. The molecule has 28 heavy (non-hydrogen) atoms. The molecular weight excluding hydrogens is 377 g/mol. The summed E-state index contributed by atoms with van der Waals surface area (Å²) >= 11 is 0. The normalized spacial score (nSPS) is 14.6. The number of anilines is 1. The van der Waals surface area contributed by atoms with Crippen molar-refractivity contribution in [1.29, 1.82) is 0 Å². The molecule has 0 atom stereocenters. The number of carbonyl (C=O) groups excluding carboxylic acids is 1. The number of amides is 2. The Morgan fingerprint density at radius 1 is 1.21 bits per heavy atom. The molecule has 8 nitrogen and oxygen atoms in total. The Kier molecular flexibility index (Phi) is 4.41. The third kappa shape index (κ3) is 3.50. The van der Waals surface area contributed by atoms with Crippen molar-refractivity contribution in [3.8, 4) is 11.5 Å². The Morgan fingerprint density at radius 3 is 2.71 bits per heavy atom. The minimum atomic E-state index is -4.55. The topological polar surface area (TPSA) is 97.0 Å². The van der Waals surface area contributed by atoms with Gasteiger partial charge >= 0.3 is 12.2 Å². The lowest BCUT2D eigenvalue weighted by Gasteiger charge is -2.37. The van der Waals surface area contributed by atoms with Crippen LogP contribution in [0.5, 0.6) is 0 Å². The molecule has 2 amide bonds. The highest BCUT2D eigenvalue weighted by molar-refractivity contribution is 5.91. The number of likely N-dealkylation sites (tertiary alicyclic amines) is 1. The van der Waals surface area contributed by atoms with E-state index < -0.39 is 17.8 Å². The average Bonchev–Trinajstić information content (AvgIpc) is 3.10. The molecule has 2 aromatic heterocycles. The standard InChI is InChI=1S/C17H13F3N6O2/c18-17(19,20)11-3-1-2-4-12(11)23-16(27)26-8-10(9-26)15-24-14(25-28-15)13-7-21-5-6-22-13/h1-7,10H,8-9H2,(H,23,27). The van der Waals surface area contributed by atoms with E-state index >= 15 is 0 Å². The van der Waals surface area contributed by atoms with Gasteiger partial charge in [0.2, 0.25) is 11.7 Å². The molecule has 0 aliphatic carbocycles. The number of aromatic nitrogens is 4. The van der Waals surface area contributed by atoms with Crippen LogP contribution in [0.15, 0.2) is 47.4 Å². The molecule has 1 aromatic carbocycles. The number of nitrogens with one attached hydrogen (secondary N) is 1. The van der Waals surface area contributed by atoms with E-state index in [4.69, 9.17) is 4.52 Å². The predicted molar refractivity (Wildman–Crippen MR) is 90.1 cm³/mol. The van der Waals surface area contributed by atoms with Crippen LogP contribution in [0.4, 0.5) is 23.7 Å². The lowest BCUT2D eigenvalue weighted by atomic mass is 10.0. The number of hydrogen-bond acceptors (Lipinski definition) is 6. The molecule has 1 N–H and O–H groups in total. The second-order valence-electron chi connectivity index (χ2n) is 6.12. The van der Waals surface area contributed by atoms with Gasteiger partial charge in [-0.25, -0.2) is 9.78 Å². The van der Waals surface area contributed by atoms with Gasteiger partial charge in [0.1, 0.15) is 5.69 Å². The van der Waals surface area contributed by atoms with Crippen LogP contribution in [0.3, 0.4) is 0 Å². The van der Waals surface area contributed by atoms with E-state index in [2.05, 4.69) is 25.4 Å². The second kappa shape index (κ2) is 6.91. The Morgan fingerprint density at radius 2 is 2.00 bits per heavy atom. The zero-order chi connectivity index (χ0) is 19.7. The van der Waals surface area contributed by atoms with Crippen molar-refractivity contribution in [2.24, 2.45) is 0 Å². The van der Waals surface area contributed by atoms with E-state index in [0.29, 0.717) is 11.6 Å². The fraction of sp³-hybridized carbons (Fsp3) is 0.235. The van der Waals surface area contributed by atoms with Crippen LogP contribution < -0.4 is 5.32 Å². The summed E-state index contributed by atoms with van der Waals surface area (Å²) in [6.07, 6.45) is -0.0431. The van der Waals surface area contributed by atoms with E-state index in [0.717, 1.165) is 6.07 Å². The molecule has 144 valence electrons. The fourth-order valence-corrected chi connectivity index (χ4v) is 2.75. The number of urea groups is 1. The summed E-state index contributed by atoms with van der Waals surface area (Å²) in [6, 6.07) is 4.20. The third-order valence-corrected chi connectivity index (χ3v) is 4.23. The minimum absolute atomic E-state index is 0.193. The first-order chi connectivity index (χ1) is 13.4. The monoisotopic (exact) mass is 390 g/mol. The zero-order valence-corrected chi connectivity index (χ0v) is 14.2. The van der Waals surface area contributed by atoms with Crippen molar-refractivity contribution >= 4 is 11.7 Å². The minimum Gasteiger partial charge on any atom is -0.338 e. The van der Waals surface area contributed by atoms with E-state index in [1.165, 1.54) is 41.7 Å². The molecule has 1 aliphatic heterocycles. The van der Waals surface area contributed by atoms with Crippen LogP contribution >= 0.6 is 0 Å². The number of para-hydroxylation sites is 1. The molecule has 1 saturated heterocycles. The molecule has 1 fully saturated rings. The summed E-state index contributed by atoms with van der Waals surface area (Å²) in [5, 5.41) is 6.14. The summed E-state index contributed by atoms with van der Waals surface area (Å²) in [5.41, 5.74) is -0.729. The first-order valence-electron chi connectivity index (χ1n) is 8.24. The fourth-order valence-electron chi connectivity index (χ4n) is 2.75. The van der Waals surface area contributed by atoms with Gasteiger partial charge in [0, 0.05) is 25.5 Å². The zero-order valence-electron chi connectivity index (χ0n) is 14.2. The molecule has 0 unspecified atom stereocenters. The van der Waals surface area contributed by atoms with Gasteiger partial charge in [0.25, 0.3) is 0 Å². The van der Waals surface area contributed by atoms with Crippen molar-refractivity contribution in [3.63, 3.8) is 0 Å². The smallest absolute Gasteiger partial charge is 0.338 e. The largest absolute Gasteiger partial charge is 0.418 e. The maximum Gasteiger partial charge on any atom is 0.418 e. The number of benzene rings is 1. The van der Waals surface area contributed by atoms with Crippen molar-refractivity contribution < 1.29 is 22.5 Å². The van der Waals surface area contributed by atoms with Gasteiger partial charge in [-0.2, -0.15) is 18.2 Å². The van der Waals surface area contributed by atoms with Gasteiger partial charge in [-0.15, -0.1) is 0 Å². The number of halogens is 3. The van der Waals surface area contributed by atoms with Crippen LogP contribution in [0.1, 0.15) is 17.4 Å². The Hall–Kier alpha value is -3.50. The van der Waals surface area contributed by atoms with Gasteiger partial charge in [-0.1, -0.05) is 17.3 Å². The van der Waals surface area contributed by atoms with Crippen LogP contribution in [0.2, 0.25) is 0 Å². The lowest BCUT2D eigenvalue weighted by molar-refractivity contribution is -0.136. The lowest BCUT2D eigenvalue weighted by Crippen LogP contribution is -2.50. The number of nitrogens with zero attached hydrogens (tertiary/aromatic N) is 5. The first-order valence-corrected chi connectivity index (χ1v) is 8.24. The van der Waals surface area contributed by atoms with Gasteiger partial charge in [0.15, 0.2) is 0 Å². The highest BCUT2D eigenvalue weighted by atomic mass is 19.4. The van der Waals surface area contributed by atoms with Crippen LogP contribution in [0.25, 0.3) is 11.5 Å². The van der Waals surface area contributed by atoms with Crippen molar-refractivity contribution in [2.45, 2.75) is 12.1 Å². The van der Waals surface area contributed by atoms with Gasteiger partial charge in [-0.05, 0) is 12.1 Å². The third-order valence-electron chi connectivity index (χ3n) is 4.23. The molecule has 0 radical (unpaired) electrons. The molecular formula is C17H13F3N6O2. The molecule has 0 saturated carbocycles. The number of rotatable bonds is 3.